The molecule has 0 amide bonds. The van der Waals surface area contributed by atoms with Crippen LogP contribution in [0.3, 0.4) is 0 Å². The Bertz CT molecular complexity index is 1750. The third kappa shape index (κ3) is 3.82. The fourth-order valence-electron chi connectivity index (χ4n) is 5.63. The average molecular weight is 503 g/mol. The summed E-state index contributed by atoms with van der Waals surface area (Å²) < 4.78 is 14.0. The maximum atomic E-state index is 13.5. The highest BCUT2D eigenvalue weighted by Gasteiger charge is 2.43. The maximum Gasteiger partial charge on any atom is 0.228 e. The topological polar surface area (TPSA) is 78.6 Å². The number of ether oxygens (including phenoxy) is 2. The molecular weight excluding hydrogens is 476 g/mol. The zero-order valence-electron chi connectivity index (χ0n) is 21.2. The van der Waals surface area contributed by atoms with E-state index < -0.39 is 0 Å². The number of fused-ring (bicyclic) bond motifs is 4. The van der Waals surface area contributed by atoms with E-state index >= 15 is 0 Å². The van der Waals surface area contributed by atoms with E-state index in [2.05, 4.69) is 36.1 Å². The second-order valence-electron chi connectivity index (χ2n) is 10.8. The Morgan fingerprint density at radius 3 is 2.63 bits per heavy atom. The summed E-state index contributed by atoms with van der Waals surface area (Å²) in [5.74, 6) is 2.24. The maximum absolute atomic E-state index is 13.5. The summed E-state index contributed by atoms with van der Waals surface area (Å²) in [6.07, 6.45) is 2.77. The highest BCUT2D eigenvalue weighted by atomic mass is 16.5. The van der Waals surface area contributed by atoms with E-state index in [0.717, 1.165) is 27.6 Å². The summed E-state index contributed by atoms with van der Waals surface area (Å²) in [5.41, 5.74) is 2.92. The van der Waals surface area contributed by atoms with Gasteiger partial charge in [-0.25, -0.2) is 14.5 Å². The van der Waals surface area contributed by atoms with E-state index in [9.17, 15) is 4.79 Å². The van der Waals surface area contributed by atoms with Crippen LogP contribution in [0.4, 0.5) is 0 Å². The van der Waals surface area contributed by atoms with Crippen molar-refractivity contribution < 1.29 is 14.3 Å². The van der Waals surface area contributed by atoms with Gasteiger partial charge in [0.1, 0.15) is 24.4 Å². The number of ketones is 1. The van der Waals surface area contributed by atoms with Crippen molar-refractivity contribution in [2.45, 2.75) is 39.2 Å². The molecule has 1 atom stereocenters. The zero-order chi connectivity index (χ0) is 25.9. The van der Waals surface area contributed by atoms with Crippen molar-refractivity contribution in [2.24, 2.45) is 5.41 Å². The second-order valence-corrected chi connectivity index (χ2v) is 10.8. The van der Waals surface area contributed by atoms with Crippen molar-refractivity contribution in [1.29, 1.82) is 0 Å². The molecule has 3 aromatic carbocycles. The van der Waals surface area contributed by atoms with Gasteiger partial charge in [-0.15, -0.1) is 5.10 Å². The summed E-state index contributed by atoms with van der Waals surface area (Å²) in [6.45, 7) is 4.40. The van der Waals surface area contributed by atoms with Gasteiger partial charge in [0.25, 0.3) is 0 Å². The number of hydrogen-bond acceptors (Lipinski definition) is 6. The smallest absolute Gasteiger partial charge is 0.228 e. The van der Waals surface area contributed by atoms with Crippen molar-refractivity contribution in [3.63, 3.8) is 0 Å². The van der Waals surface area contributed by atoms with E-state index in [0.29, 0.717) is 41.5 Å². The first kappa shape index (κ1) is 22.7. The van der Waals surface area contributed by atoms with Gasteiger partial charge in [0.05, 0.1) is 5.56 Å². The number of aromatic nitrogens is 4. The lowest BCUT2D eigenvalue weighted by Gasteiger charge is -2.37. The van der Waals surface area contributed by atoms with Gasteiger partial charge in [0.2, 0.25) is 5.88 Å². The Balaban J connectivity index is 1.29. The number of rotatable bonds is 4. The van der Waals surface area contributed by atoms with E-state index in [1.165, 1.54) is 0 Å². The van der Waals surface area contributed by atoms with Gasteiger partial charge in [0, 0.05) is 24.3 Å². The number of carbonyl (C=O) groups excluding carboxylic acids is 1. The molecule has 1 aliphatic heterocycles. The molecule has 188 valence electrons. The van der Waals surface area contributed by atoms with Crippen LogP contribution in [0.5, 0.6) is 11.6 Å². The largest absolute Gasteiger partial charge is 0.486 e. The molecule has 0 saturated heterocycles. The molecule has 0 fully saturated rings. The summed E-state index contributed by atoms with van der Waals surface area (Å²) in [4.78, 5) is 23.0. The van der Waals surface area contributed by atoms with Crippen LogP contribution in [-0.4, -0.2) is 25.4 Å². The fourth-order valence-corrected chi connectivity index (χ4v) is 5.63. The van der Waals surface area contributed by atoms with Crippen molar-refractivity contribution in [1.82, 2.24) is 19.6 Å². The molecule has 0 spiro atoms. The van der Waals surface area contributed by atoms with Gasteiger partial charge >= 0.3 is 0 Å². The number of allylic oxidation sites excluding steroid dienone is 2. The standard InChI is InChI=1S/C31H26N4O3/c1-31(2)15-23(36)27-24(16-31)38-30-28(26(27)20-9-4-3-5-10-20)29-33-25(34-35(29)18-32-30)17-37-22-13-12-19-8-6-7-11-21(19)14-22/h3-14,18,26H,15-17H2,1-2H3/t26-/m0/s1. The minimum atomic E-state index is -0.326. The predicted octanol–water partition coefficient (Wildman–Crippen LogP) is 6.02. The zero-order valence-corrected chi connectivity index (χ0v) is 21.2. The first-order chi connectivity index (χ1) is 18.4. The lowest BCUT2D eigenvalue weighted by atomic mass is 9.70. The van der Waals surface area contributed by atoms with Crippen LogP contribution < -0.4 is 9.47 Å². The fraction of sp³-hybridized carbons (Fsp3) is 0.226. The quantitative estimate of drug-likeness (QED) is 0.299. The molecule has 2 aliphatic rings. The Morgan fingerprint density at radius 1 is 1.00 bits per heavy atom. The molecule has 3 heterocycles. The van der Waals surface area contributed by atoms with Crippen LogP contribution in [0, 0.1) is 5.41 Å². The van der Waals surface area contributed by atoms with Crippen LogP contribution in [0.25, 0.3) is 16.4 Å². The van der Waals surface area contributed by atoms with Crippen molar-refractivity contribution >= 4 is 22.2 Å². The molecule has 1 aliphatic carbocycles. The lowest BCUT2D eigenvalue weighted by molar-refractivity contribution is -0.118. The van der Waals surface area contributed by atoms with Crippen LogP contribution in [0.2, 0.25) is 0 Å². The van der Waals surface area contributed by atoms with Crippen molar-refractivity contribution in [2.75, 3.05) is 0 Å². The molecule has 0 unspecified atom stereocenters. The second kappa shape index (κ2) is 8.52. The predicted molar refractivity (Wildman–Crippen MR) is 143 cm³/mol. The summed E-state index contributed by atoms with van der Waals surface area (Å²) >= 11 is 0. The molecule has 7 heteroatoms. The van der Waals surface area contributed by atoms with Gasteiger partial charge in [-0.05, 0) is 33.9 Å². The van der Waals surface area contributed by atoms with Crippen LogP contribution in [-0.2, 0) is 11.4 Å². The lowest BCUT2D eigenvalue weighted by Crippen LogP contribution is -2.33. The summed E-state index contributed by atoms with van der Waals surface area (Å²) in [6, 6.07) is 24.2. The van der Waals surface area contributed by atoms with E-state index in [4.69, 9.17) is 14.5 Å². The third-order valence-corrected chi connectivity index (χ3v) is 7.33. The Hall–Kier alpha value is -4.52. The first-order valence-corrected chi connectivity index (χ1v) is 12.8. The number of hydrogen-bond donors (Lipinski definition) is 0. The van der Waals surface area contributed by atoms with Gasteiger partial charge in [0.15, 0.2) is 17.3 Å². The summed E-state index contributed by atoms with van der Waals surface area (Å²) in [7, 11) is 0. The number of Topliss-reactive ketones (excluding diaryl/α,β-unsaturated/α-hetero) is 1. The average Bonchev–Trinajstić information content (AvgIpc) is 3.34. The monoisotopic (exact) mass is 502 g/mol. The van der Waals surface area contributed by atoms with Gasteiger partial charge in [-0.2, -0.15) is 0 Å². The molecule has 0 radical (unpaired) electrons. The van der Waals surface area contributed by atoms with Crippen LogP contribution in [0.15, 0.2) is 90.5 Å². The third-order valence-electron chi connectivity index (χ3n) is 7.33. The van der Waals surface area contributed by atoms with Crippen molar-refractivity contribution in [3.05, 3.63) is 107 Å². The van der Waals surface area contributed by atoms with E-state index in [1.54, 1.807) is 10.8 Å². The van der Waals surface area contributed by atoms with E-state index in [1.807, 2.05) is 60.7 Å². The Morgan fingerprint density at radius 2 is 1.79 bits per heavy atom. The molecule has 0 bridgehead atoms. The highest BCUT2D eigenvalue weighted by Crippen LogP contribution is 2.50. The summed E-state index contributed by atoms with van der Waals surface area (Å²) in [5, 5.41) is 6.90. The van der Waals surface area contributed by atoms with E-state index in [-0.39, 0.29) is 23.7 Å². The Labute approximate surface area is 219 Å². The Kier molecular flexibility index (Phi) is 5.08. The van der Waals surface area contributed by atoms with Gasteiger partial charge < -0.3 is 9.47 Å². The minimum Gasteiger partial charge on any atom is -0.486 e. The molecular formula is C31H26N4O3. The normalized spacial score (nSPS) is 18.3. The van der Waals surface area contributed by atoms with Crippen molar-refractivity contribution in [3.8, 4) is 11.6 Å². The van der Waals surface area contributed by atoms with Gasteiger partial charge in [-0.3, -0.25) is 4.79 Å². The molecule has 38 heavy (non-hydrogen) atoms. The SMILES string of the molecule is CC1(C)CC(=O)C2=C(C1)Oc1ncn3nc(COc4ccc5ccccc5c4)nc3c1[C@H]2c1ccccc1. The number of nitrogens with zero attached hydrogens (tertiary/aromatic N) is 4. The minimum absolute atomic E-state index is 0.108. The number of benzene rings is 3. The molecule has 7 nitrogen and oxygen atoms in total. The highest BCUT2D eigenvalue weighted by molar-refractivity contribution is 6.00. The molecule has 2 aromatic heterocycles. The number of carbonyl (C=O) groups is 1. The van der Waals surface area contributed by atoms with Crippen LogP contribution in [0.1, 0.15) is 49.6 Å². The molecule has 5 aromatic rings. The molecule has 0 N–H and O–H groups in total. The molecule has 7 rings (SSSR count). The first-order valence-electron chi connectivity index (χ1n) is 12.8. The van der Waals surface area contributed by atoms with Crippen LogP contribution >= 0.6 is 0 Å². The van der Waals surface area contributed by atoms with Gasteiger partial charge in [-0.1, -0.05) is 74.5 Å². The molecule has 0 saturated carbocycles.